The van der Waals surface area contributed by atoms with Crippen LogP contribution in [0.1, 0.15) is 27.0 Å². The number of hydrogen-bond donors (Lipinski definition) is 1. The van der Waals surface area contributed by atoms with Gasteiger partial charge in [0.2, 0.25) is 0 Å². The van der Waals surface area contributed by atoms with Crippen LogP contribution in [0.2, 0.25) is 0 Å². The van der Waals surface area contributed by atoms with Crippen molar-refractivity contribution >= 4 is 23.6 Å². The van der Waals surface area contributed by atoms with Gasteiger partial charge in [0.15, 0.2) is 0 Å². The van der Waals surface area contributed by atoms with Crippen LogP contribution in [0.4, 0.5) is 18.9 Å². The number of benzene rings is 3. The van der Waals surface area contributed by atoms with E-state index in [1.807, 2.05) is 0 Å². The van der Waals surface area contributed by atoms with E-state index in [1.54, 1.807) is 54.6 Å². The number of methoxy groups -OCH3 is 1. The number of amides is 1. The van der Waals surface area contributed by atoms with Crippen LogP contribution >= 0.6 is 0 Å². The molecule has 0 saturated heterocycles. The van der Waals surface area contributed by atoms with E-state index < -0.39 is 23.6 Å². The fourth-order valence-corrected chi connectivity index (χ4v) is 3.02. The lowest BCUT2D eigenvalue weighted by Gasteiger charge is -2.11. The molecule has 0 radical (unpaired) electrons. The Morgan fingerprint density at radius 3 is 2.40 bits per heavy atom. The van der Waals surface area contributed by atoms with Crippen molar-refractivity contribution in [2.75, 3.05) is 12.4 Å². The molecule has 178 valence electrons. The number of para-hydroxylation sites is 1. The second-order valence-corrected chi connectivity index (χ2v) is 7.22. The largest absolute Gasteiger partial charge is 0.488 e. The summed E-state index contributed by atoms with van der Waals surface area (Å²) in [5, 5.41) is 11.8. The van der Waals surface area contributed by atoms with Gasteiger partial charge in [0.05, 0.1) is 18.2 Å². The second-order valence-electron chi connectivity index (χ2n) is 7.22. The van der Waals surface area contributed by atoms with Crippen molar-refractivity contribution < 1.29 is 32.2 Å². The second kappa shape index (κ2) is 11.0. The molecule has 1 amide bonds. The standard InChI is InChI=1S/C26H19F3N2O4/c1-34-25(33)18-11-9-17(10-12-18)16-35-23-8-3-2-5-19(23)13-20(15-30)24(32)31-22-7-4-6-21(14-22)26(27,28)29/h2-14H,16H2,1H3,(H,31,32). The number of nitrogens with zero attached hydrogens (tertiary/aromatic N) is 1. The first-order chi connectivity index (χ1) is 16.7. The first kappa shape index (κ1) is 25.1. The van der Waals surface area contributed by atoms with Crippen LogP contribution < -0.4 is 10.1 Å². The van der Waals surface area contributed by atoms with Gasteiger partial charge in [-0.25, -0.2) is 4.79 Å². The number of rotatable bonds is 7. The number of carbonyl (C=O) groups excluding carboxylic acids is 2. The smallest absolute Gasteiger partial charge is 0.416 e. The molecular weight excluding hydrogens is 461 g/mol. The Morgan fingerprint density at radius 2 is 1.74 bits per heavy atom. The molecule has 0 spiro atoms. The number of anilines is 1. The van der Waals surface area contributed by atoms with Gasteiger partial charge in [-0.15, -0.1) is 0 Å². The van der Waals surface area contributed by atoms with E-state index >= 15 is 0 Å². The van der Waals surface area contributed by atoms with Crippen LogP contribution in [0, 0.1) is 11.3 Å². The Hall–Kier alpha value is -4.58. The van der Waals surface area contributed by atoms with E-state index in [-0.39, 0.29) is 17.9 Å². The summed E-state index contributed by atoms with van der Waals surface area (Å²) in [5.41, 5.74) is 0.252. The zero-order valence-electron chi connectivity index (χ0n) is 18.4. The van der Waals surface area contributed by atoms with E-state index in [2.05, 4.69) is 10.1 Å². The molecule has 0 unspecified atom stereocenters. The van der Waals surface area contributed by atoms with Crippen LogP contribution in [0.3, 0.4) is 0 Å². The maximum Gasteiger partial charge on any atom is 0.416 e. The molecular formula is C26H19F3N2O4. The SMILES string of the molecule is COC(=O)c1ccc(COc2ccccc2C=C(C#N)C(=O)Nc2cccc(C(F)(F)F)c2)cc1. The molecule has 0 atom stereocenters. The molecule has 0 fully saturated rings. The van der Waals surface area contributed by atoms with Crippen LogP contribution in [0.25, 0.3) is 6.08 Å². The molecule has 0 aliphatic carbocycles. The van der Waals surface area contributed by atoms with Gasteiger partial charge in [-0.05, 0) is 48.0 Å². The highest BCUT2D eigenvalue weighted by atomic mass is 19.4. The maximum absolute atomic E-state index is 12.9. The average Bonchev–Trinajstić information content (AvgIpc) is 2.86. The predicted molar refractivity (Wildman–Crippen MR) is 122 cm³/mol. The monoisotopic (exact) mass is 480 g/mol. The van der Waals surface area contributed by atoms with E-state index in [4.69, 9.17) is 4.74 Å². The minimum atomic E-state index is -4.56. The fourth-order valence-electron chi connectivity index (χ4n) is 3.02. The summed E-state index contributed by atoms with van der Waals surface area (Å²) >= 11 is 0. The van der Waals surface area contributed by atoms with Gasteiger partial charge in [0.25, 0.3) is 5.91 Å². The number of hydrogen-bond acceptors (Lipinski definition) is 5. The summed E-state index contributed by atoms with van der Waals surface area (Å²) in [4.78, 5) is 24.1. The number of ether oxygens (including phenoxy) is 2. The van der Waals surface area contributed by atoms with Crippen molar-refractivity contribution in [3.63, 3.8) is 0 Å². The molecule has 3 aromatic rings. The third-order valence-electron chi connectivity index (χ3n) is 4.80. The topological polar surface area (TPSA) is 88.4 Å². The molecule has 0 aromatic heterocycles. The molecule has 0 saturated carbocycles. The zero-order chi connectivity index (χ0) is 25.4. The van der Waals surface area contributed by atoms with Crippen LogP contribution in [-0.2, 0) is 22.3 Å². The Kier molecular flexibility index (Phi) is 7.89. The summed E-state index contributed by atoms with van der Waals surface area (Å²) in [5.74, 6) is -0.940. The molecule has 6 nitrogen and oxygen atoms in total. The Balaban J connectivity index is 1.75. The molecule has 1 N–H and O–H groups in total. The molecule has 3 aromatic carbocycles. The molecule has 0 heterocycles. The number of carbonyl (C=O) groups is 2. The average molecular weight is 480 g/mol. The summed E-state index contributed by atoms with van der Waals surface area (Å²) in [6.07, 6.45) is -3.27. The summed E-state index contributed by atoms with van der Waals surface area (Å²) in [7, 11) is 1.29. The third kappa shape index (κ3) is 6.71. The van der Waals surface area contributed by atoms with Gasteiger partial charge in [-0.1, -0.05) is 36.4 Å². The van der Waals surface area contributed by atoms with Gasteiger partial charge in [0.1, 0.15) is 24.0 Å². The molecule has 0 bridgehead atoms. The summed E-state index contributed by atoms with van der Waals surface area (Å²) in [6.45, 7) is 0.143. The molecule has 9 heteroatoms. The normalized spacial score (nSPS) is 11.3. The number of esters is 1. The first-order valence-electron chi connectivity index (χ1n) is 10.2. The molecule has 0 aliphatic rings. The third-order valence-corrected chi connectivity index (χ3v) is 4.80. The lowest BCUT2D eigenvalue weighted by atomic mass is 10.1. The van der Waals surface area contributed by atoms with Crippen molar-refractivity contribution in [2.45, 2.75) is 12.8 Å². The van der Waals surface area contributed by atoms with Crippen molar-refractivity contribution in [3.8, 4) is 11.8 Å². The highest BCUT2D eigenvalue weighted by molar-refractivity contribution is 6.09. The number of halogens is 3. The quantitative estimate of drug-likeness (QED) is 0.270. The van der Waals surface area contributed by atoms with E-state index in [0.29, 0.717) is 16.9 Å². The van der Waals surface area contributed by atoms with Gasteiger partial charge in [0, 0.05) is 11.3 Å². The number of nitrogens with one attached hydrogen (secondary N) is 1. The fraction of sp³-hybridized carbons (Fsp3) is 0.115. The van der Waals surface area contributed by atoms with Gasteiger partial charge in [-0.3, -0.25) is 4.79 Å². The molecule has 3 rings (SSSR count). The zero-order valence-corrected chi connectivity index (χ0v) is 18.4. The van der Waals surface area contributed by atoms with E-state index in [9.17, 15) is 28.0 Å². The lowest BCUT2D eigenvalue weighted by Crippen LogP contribution is -2.14. The van der Waals surface area contributed by atoms with Crippen LogP contribution in [-0.4, -0.2) is 19.0 Å². The van der Waals surface area contributed by atoms with Crippen LogP contribution in [0.15, 0.2) is 78.4 Å². The summed E-state index contributed by atoms with van der Waals surface area (Å²) < 4.78 is 49.2. The minimum Gasteiger partial charge on any atom is -0.488 e. The molecule has 35 heavy (non-hydrogen) atoms. The van der Waals surface area contributed by atoms with Crippen molar-refractivity contribution in [1.29, 1.82) is 5.26 Å². The minimum absolute atomic E-state index is 0.0917. The van der Waals surface area contributed by atoms with E-state index in [0.717, 1.165) is 23.8 Å². The maximum atomic E-state index is 12.9. The highest BCUT2D eigenvalue weighted by Crippen LogP contribution is 2.31. The van der Waals surface area contributed by atoms with Crippen LogP contribution in [0.5, 0.6) is 5.75 Å². The van der Waals surface area contributed by atoms with Gasteiger partial charge in [-0.2, -0.15) is 18.4 Å². The Labute approximate surface area is 199 Å². The molecule has 0 aliphatic heterocycles. The van der Waals surface area contributed by atoms with Crippen molar-refractivity contribution in [2.24, 2.45) is 0 Å². The number of nitriles is 1. The lowest BCUT2D eigenvalue weighted by molar-refractivity contribution is -0.137. The Morgan fingerprint density at radius 1 is 1.03 bits per heavy atom. The van der Waals surface area contributed by atoms with E-state index in [1.165, 1.54) is 19.3 Å². The summed E-state index contributed by atoms with van der Waals surface area (Å²) in [6, 6.07) is 19.2. The van der Waals surface area contributed by atoms with Gasteiger partial charge >= 0.3 is 12.1 Å². The Bertz CT molecular complexity index is 1290. The first-order valence-corrected chi connectivity index (χ1v) is 10.2. The van der Waals surface area contributed by atoms with Crippen molar-refractivity contribution in [1.82, 2.24) is 0 Å². The number of alkyl halides is 3. The highest BCUT2D eigenvalue weighted by Gasteiger charge is 2.30. The predicted octanol–water partition coefficient (Wildman–Crippen LogP) is 5.62. The van der Waals surface area contributed by atoms with Gasteiger partial charge < -0.3 is 14.8 Å². The van der Waals surface area contributed by atoms with Crippen molar-refractivity contribution in [3.05, 3.63) is 101 Å².